The van der Waals surface area contributed by atoms with Crippen molar-refractivity contribution in [2.45, 2.75) is 6.17 Å². The molecule has 1 nitrogen and oxygen atoms in total. The average molecular weight is 227 g/mol. The molecule has 2 unspecified atom stereocenters. The summed E-state index contributed by atoms with van der Waals surface area (Å²) in [6, 6.07) is 10.1. The van der Waals surface area contributed by atoms with Crippen LogP contribution in [0.3, 0.4) is 0 Å². The van der Waals surface area contributed by atoms with Crippen molar-refractivity contribution in [3.05, 3.63) is 65.9 Å². The van der Waals surface area contributed by atoms with E-state index in [0.29, 0.717) is 0 Å². The van der Waals surface area contributed by atoms with Crippen LogP contribution < -0.4 is 5.32 Å². The van der Waals surface area contributed by atoms with Crippen LogP contribution in [-0.2, 0) is 0 Å². The molecule has 0 aromatic heterocycles. The van der Waals surface area contributed by atoms with Gasteiger partial charge in [-0.2, -0.15) is 0 Å². The number of hydrogen-bond donors (Lipinski definition) is 1. The zero-order valence-corrected chi connectivity index (χ0v) is 9.44. The molecule has 3 rings (SSSR count). The van der Waals surface area contributed by atoms with Gasteiger partial charge in [0.2, 0.25) is 0 Å². The van der Waals surface area contributed by atoms with Gasteiger partial charge in [0.25, 0.3) is 0 Å². The molecule has 0 radical (unpaired) electrons. The van der Waals surface area contributed by atoms with Gasteiger partial charge in [0.15, 0.2) is 0 Å². The molecule has 0 saturated carbocycles. The lowest BCUT2D eigenvalue weighted by molar-refractivity contribution is 0.441. The molecule has 2 aliphatic rings. The molecule has 2 atom stereocenters. The molecule has 1 heterocycles. The van der Waals surface area contributed by atoms with Gasteiger partial charge in [0.1, 0.15) is 6.17 Å². The Morgan fingerprint density at radius 2 is 1.94 bits per heavy atom. The lowest BCUT2D eigenvalue weighted by Gasteiger charge is -2.09. The molecular weight excluding hydrogens is 213 g/mol. The van der Waals surface area contributed by atoms with Crippen molar-refractivity contribution in [2.75, 3.05) is 6.54 Å². The summed E-state index contributed by atoms with van der Waals surface area (Å²) >= 11 is 0. The second-order valence-corrected chi connectivity index (χ2v) is 4.41. The Morgan fingerprint density at radius 3 is 2.76 bits per heavy atom. The number of alkyl halides is 1. The zero-order chi connectivity index (χ0) is 11.7. The van der Waals surface area contributed by atoms with Gasteiger partial charge in [0, 0.05) is 18.7 Å². The highest BCUT2D eigenvalue weighted by atomic mass is 19.1. The van der Waals surface area contributed by atoms with Crippen molar-refractivity contribution in [1.82, 2.24) is 5.32 Å². The second-order valence-electron chi connectivity index (χ2n) is 4.41. The van der Waals surface area contributed by atoms with E-state index in [1.54, 1.807) is 6.08 Å². The lowest BCUT2D eigenvalue weighted by atomic mass is 9.98. The fourth-order valence-corrected chi connectivity index (χ4v) is 2.35. The predicted molar refractivity (Wildman–Crippen MR) is 68.0 cm³/mol. The molecule has 1 N–H and O–H groups in total. The molecule has 0 saturated heterocycles. The largest absolute Gasteiger partial charge is 0.389 e. The Morgan fingerprint density at radius 1 is 1.12 bits per heavy atom. The van der Waals surface area contributed by atoms with Gasteiger partial charge < -0.3 is 5.32 Å². The van der Waals surface area contributed by atoms with Crippen LogP contribution in [0.5, 0.6) is 0 Å². The molecular formula is C15H14FN. The minimum atomic E-state index is -0.924. The number of benzene rings is 1. The summed E-state index contributed by atoms with van der Waals surface area (Å²) < 4.78 is 13.7. The first-order chi connectivity index (χ1) is 8.34. The number of halogens is 1. The summed E-state index contributed by atoms with van der Waals surface area (Å²) in [5.41, 5.74) is 3.03. The number of nitrogens with one attached hydrogen (secondary N) is 1. The van der Waals surface area contributed by atoms with Gasteiger partial charge in [-0.05, 0) is 28.9 Å². The maximum atomic E-state index is 13.7. The first kappa shape index (κ1) is 10.3. The van der Waals surface area contributed by atoms with Gasteiger partial charge in [-0.15, -0.1) is 0 Å². The number of hydrogen-bond acceptors (Lipinski definition) is 1. The summed E-state index contributed by atoms with van der Waals surface area (Å²) in [7, 11) is 0. The minimum Gasteiger partial charge on any atom is -0.389 e. The third-order valence-corrected chi connectivity index (χ3v) is 3.28. The molecule has 0 fully saturated rings. The van der Waals surface area contributed by atoms with Gasteiger partial charge in [-0.1, -0.05) is 36.4 Å². The number of rotatable bonds is 1. The van der Waals surface area contributed by atoms with E-state index in [-0.39, 0.29) is 5.92 Å². The molecule has 17 heavy (non-hydrogen) atoms. The number of allylic oxidation sites excluding steroid dienone is 3. The highest BCUT2D eigenvalue weighted by molar-refractivity contribution is 5.75. The summed E-state index contributed by atoms with van der Waals surface area (Å²) in [6.45, 7) is 0.777. The summed E-state index contributed by atoms with van der Waals surface area (Å²) in [4.78, 5) is 0. The van der Waals surface area contributed by atoms with E-state index in [1.807, 2.05) is 48.7 Å². The van der Waals surface area contributed by atoms with Crippen molar-refractivity contribution in [3.63, 3.8) is 0 Å². The molecule has 1 aliphatic carbocycles. The Kier molecular flexibility index (Phi) is 2.56. The van der Waals surface area contributed by atoms with E-state index in [2.05, 4.69) is 5.32 Å². The van der Waals surface area contributed by atoms with Crippen LogP contribution in [0.2, 0.25) is 0 Å². The van der Waals surface area contributed by atoms with Crippen LogP contribution in [0.15, 0.2) is 60.3 Å². The standard InChI is InChI=1S/C15H14FN/c16-15-7-6-12-9-17-10-13(8-14(12)15)11-4-2-1-3-5-11/h1-8,10,12,15,17H,9H2. The maximum Gasteiger partial charge on any atom is 0.140 e. The fraction of sp³-hybridized carbons (Fsp3) is 0.200. The smallest absolute Gasteiger partial charge is 0.140 e. The third kappa shape index (κ3) is 1.91. The topological polar surface area (TPSA) is 12.0 Å². The third-order valence-electron chi connectivity index (χ3n) is 3.28. The van der Waals surface area contributed by atoms with Crippen molar-refractivity contribution in [1.29, 1.82) is 0 Å². The highest BCUT2D eigenvalue weighted by Gasteiger charge is 2.26. The molecule has 0 amide bonds. The Bertz CT molecular complexity index is 499. The quantitative estimate of drug-likeness (QED) is 0.727. The molecule has 86 valence electrons. The molecule has 1 aliphatic heterocycles. The average Bonchev–Trinajstić information content (AvgIpc) is 2.61. The van der Waals surface area contributed by atoms with E-state index in [0.717, 1.165) is 23.3 Å². The van der Waals surface area contributed by atoms with E-state index < -0.39 is 6.17 Å². The normalized spacial score (nSPS) is 26.6. The van der Waals surface area contributed by atoms with Gasteiger partial charge >= 0.3 is 0 Å². The van der Waals surface area contributed by atoms with E-state index >= 15 is 0 Å². The predicted octanol–water partition coefficient (Wildman–Crippen LogP) is 3.08. The second kappa shape index (κ2) is 4.21. The molecule has 2 heteroatoms. The van der Waals surface area contributed by atoms with Crippen LogP contribution in [-0.4, -0.2) is 12.7 Å². The number of fused-ring (bicyclic) bond motifs is 1. The molecule has 1 aromatic carbocycles. The zero-order valence-electron chi connectivity index (χ0n) is 9.44. The van der Waals surface area contributed by atoms with Gasteiger partial charge in [-0.25, -0.2) is 4.39 Å². The Balaban J connectivity index is 1.98. The highest BCUT2D eigenvalue weighted by Crippen LogP contribution is 2.31. The summed E-state index contributed by atoms with van der Waals surface area (Å²) in [6.07, 6.45) is 6.62. The van der Waals surface area contributed by atoms with E-state index in [4.69, 9.17) is 0 Å². The SMILES string of the molecule is FC1C=CC2CNC=C(c3ccccc3)C=C12. The van der Waals surface area contributed by atoms with Crippen molar-refractivity contribution in [2.24, 2.45) is 5.92 Å². The minimum absolute atomic E-state index is 0.197. The van der Waals surface area contributed by atoms with Gasteiger partial charge in [0.05, 0.1) is 0 Å². The van der Waals surface area contributed by atoms with Gasteiger partial charge in [-0.3, -0.25) is 0 Å². The maximum absolute atomic E-state index is 13.7. The van der Waals surface area contributed by atoms with Crippen LogP contribution in [0.1, 0.15) is 5.56 Å². The van der Waals surface area contributed by atoms with Crippen molar-refractivity contribution < 1.29 is 4.39 Å². The molecule has 1 aromatic rings. The van der Waals surface area contributed by atoms with Crippen LogP contribution in [0, 0.1) is 5.92 Å². The monoisotopic (exact) mass is 227 g/mol. The lowest BCUT2D eigenvalue weighted by Crippen LogP contribution is -2.16. The van der Waals surface area contributed by atoms with Crippen molar-refractivity contribution in [3.8, 4) is 0 Å². The Labute approximate surface area is 100 Å². The first-order valence-corrected chi connectivity index (χ1v) is 5.87. The fourth-order valence-electron chi connectivity index (χ4n) is 2.35. The van der Waals surface area contributed by atoms with Crippen LogP contribution in [0.25, 0.3) is 5.57 Å². The Hall–Kier alpha value is -1.83. The van der Waals surface area contributed by atoms with Crippen LogP contribution in [0.4, 0.5) is 4.39 Å². The van der Waals surface area contributed by atoms with Crippen molar-refractivity contribution >= 4 is 5.57 Å². The first-order valence-electron chi connectivity index (χ1n) is 5.87. The summed E-state index contributed by atoms with van der Waals surface area (Å²) in [5.74, 6) is 0.197. The van der Waals surface area contributed by atoms with E-state index in [9.17, 15) is 4.39 Å². The molecule has 0 bridgehead atoms. The molecule has 0 spiro atoms. The summed E-state index contributed by atoms with van der Waals surface area (Å²) in [5, 5.41) is 3.26. The van der Waals surface area contributed by atoms with Crippen LogP contribution >= 0.6 is 0 Å². The van der Waals surface area contributed by atoms with E-state index in [1.165, 1.54) is 0 Å².